The van der Waals surface area contributed by atoms with Gasteiger partial charge in [0.2, 0.25) is 4.96 Å². The fourth-order valence-electron chi connectivity index (χ4n) is 2.29. The molecule has 92 valence electrons. The molecular formula is C12H18N4S. The lowest BCUT2D eigenvalue weighted by Crippen LogP contribution is -2.27. The summed E-state index contributed by atoms with van der Waals surface area (Å²) in [5, 5.41) is 5.91. The summed E-state index contributed by atoms with van der Waals surface area (Å²) in [6, 6.07) is 0. The molecule has 0 saturated heterocycles. The van der Waals surface area contributed by atoms with Crippen LogP contribution in [0.1, 0.15) is 30.2 Å². The van der Waals surface area contributed by atoms with Gasteiger partial charge >= 0.3 is 0 Å². The van der Waals surface area contributed by atoms with E-state index in [1.165, 1.54) is 16.4 Å². The number of hydrogen-bond acceptors (Lipinski definition) is 4. The van der Waals surface area contributed by atoms with Gasteiger partial charge in [-0.2, -0.15) is 5.10 Å². The van der Waals surface area contributed by atoms with Gasteiger partial charge in [-0.25, -0.2) is 9.50 Å². The molecule has 0 aliphatic carbocycles. The number of fused-ring (bicyclic) bond motifs is 3. The Hall–Kier alpha value is -0.940. The van der Waals surface area contributed by atoms with Gasteiger partial charge in [-0.1, -0.05) is 25.2 Å². The average molecular weight is 250 g/mol. The van der Waals surface area contributed by atoms with Gasteiger partial charge in [-0.3, -0.25) is 0 Å². The van der Waals surface area contributed by atoms with E-state index < -0.39 is 0 Å². The van der Waals surface area contributed by atoms with E-state index in [-0.39, 0.29) is 0 Å². The van der Waals surface area contributed by atoms with Gasteiger partial charge in [-0.05, 0) is 13.0 Å². The van der Waals surface area contributed by atoms with Crippen molar-refractivity contribution < 1.29 is 0 Å². The van der Waals surface area contributed by atoms with E-state index in [1.807, 2.05) is 0 Å². The second-order valence-corrected chi connectivity index (χ2v) is 6.32. The summed E-state index contributed by atoms with van der Waals surface area (Å²) in [5.41, 5.74) is 2.54. The number of rotatable bonds is 2. The molecule has 0 unspecified atom stereocenters. The zero-order valence-corrected chi connectivity index (χ0v) is 11.4. The van der Waals surface area contributed by atoms with Crippen LogP contribution in [0.15, 0.2) is 0 Å². The van der Waals surface area contributed by atoms with Gasteiger partial charge in [0.1, 0.15) is 5.01 Å². The van der Waals surface area contributed by atoms with Crippen LogP contribution in [0, 0.1) is 5.92 Å². The summed E-state index contributed by atoms with van der Waals surface area (Å²) in [6.45, 7) is 6.54. The van der Waals surface area contributed by atoms with Crippen molar-refractivity contribution >= 4 is 16.3 Å². The third kappa shape index (κ3) is 1.98. The minimum Gasteiger partial charge on any atom is -0.300 e. The van der Waals surface area contributed by atoms with Crippen molar-refractivity contribution in [3.63, 3.8) is 0 Å². The molecular weight excluding hydrogens is 232 g/mol. The Balaban J connectivity index is 2.01. The van der Waals surface area contributed by atoms with Crippen LogP contribution in [0.2, 0.25) is 0 Å². The molecule has 0 bridgehead atoms. The van der Waals surface area contributed by atoms with Crippen molar-refractivity contribution in [1.82, 2.24) is 19.5 Å². The molecule has 2 aromatic heterocycles. The quantitative estimate of drug-likeness (QED) is 0.817. The smallest absolute Gasteiger partial charge is 0.212 e. The highest BCUT2D eigenvalue weighted by atomic mass is 32.1. The van der Waals surface area contributed by atoms with Gasteiger partial charge in [-0.15, -0.1) is 0 Å². The van der Waals surface area contributed by atoms with E-state index >= 15 is 0 Å². The predicted molar refractivity (Wildman–Crippen MR) is 69.4 cm³/mol. The summed E-state index contributed by atoms with van der Waals surface area (Å²) in [4.78, 5) is 8.11. The van der Waals surface area contributed by atoms with Gasteiger partial charge in [0, 0.05) is 25.9 Å². The van der Waals surface area contributed by atoms with Crippen molar-refractivity contribution in [2.24, 2.45) is 5.92 Å². The number of nitrogens with zero attached hydrogens (tertiary/aromatic N) is 4. The highest BCUT2D eigenvalue weighted by Crippen LogP contribution is 2.24. The van der Waals surface area contributed by atoms with Crippen LogP contribution in [-0.4, -0.2) is 33.1 Å². The number of likely N-dealkylation sites (N-methyl/N-ethyl adjacent to an activating group) is 1. The standard InChI is InChI=1S/C12H18N4S/c1-8(2)6-11-14-16-10-7-15(3)5-4-9(10)13-12(16)17-11/h8H,4-7H2,1-3H3. The summed E-state index contributed by atoms with van der Waals surface area (Å²) in [7, 11) is 2.16. The maximum absolute atomic E-state index is 4.71. The van der Waals surface area contributed by atoms with Crippen molar-refractivity contribution in [3.05, 3.63) is 16.4 Å². The number of hydrogen-bond donors (Lipinski definition) is 0. The highest BCUT2D eigenvalue weighted by Gasteiger charge is 2.21. The Bertz CT molecular complexity index is 540. The Morgan fingerprint density at radius 2 is 2.24 bits per heavy atom. The first-order valence-corrected chi connectivity index (χ1v) is 7.00. The zero-order valence-electron chi connectivity index (χ0n) is 10.6. The van der Waals surface area contributed by atoms with E-state index in [2.05, 4.69) is 30.3 Å². The Labute approximate surface area is 105 Å². The molecule has 1 aliphatic rings. The molecule has 0 radical (unpaired) electrons. The molecule has 0 aromatic carbocycles. The second kappa shape index (κ2) is 4.07. The normalized spacial score (nSPS) is 16.9. The minimum absolute atomic E-state index is 0.657. The molecule has 5 heteroatoms. The van der Waals surface area contributed by atoms with E-state index in [1.54, 1.807) is 11.3 Å². The topological polar surface area (TPSA) is 33.4 Å². The number of imidazole rings is 1. The summed E-state index contributed by atoms with van der Waals surface area (Å²) in [5.74, 6) is 0.657. The van der Waals surface area contributed by atoms with Crippen molar-refractivity contribution in [2.75, 3.05) is 13.6 Å². The fraction of sp³-hybridized carbons (Fsp3) is 0.667. The Morgan fingerprint density at radius 3 is 3.00 bits per heavy atom. The molecule has 0 fully saturated rings. The van der Waals surface area contributed by atoms with Crippen molar-refractivity contribution in [3.8, 4) is 0 Å². The molecule has 3 heterocycles. The first-order chi connectivity index (χ1) is 8.13. The first kappa shape index (κ1) is 11.2. The van der Waals surface area contributed by atoms with Gasteiger partial charge in [0.15, 0.2) is 0 Å². The molecule has 0 N–H and O–H groups in total. The fourth-order valence-corrected chi connectivity index (χ4v) is 3.44. The van der Waals surface area contributed by atoms with Gasteiger partial charge in [0.25, 0.3) is 0 Å². The van der Waals surface area contributed by atoms with Crippen LogP contribution in [-0.2, 0) is 19.4 Å². The van der Waals surface area contributed by atoms with Crippen LogP contribution in [0.3, 0.4) is 0 Å². The molecule has 0 spiro atoms. The van der Waals surface area contributed by atoms with E-state index in [0.29, 0.717) is 5.92 Å². The first-order valence-electron chi connectivity index (χ1n) is 6.18. The van der Waals surface area contributed by atoms with Crippen LogP contribution >= 0.6 is 11.3 Å². The lowest BCUT2D eigenvalue weighted by Gasteiger charge is -2.20. The van der Waals surface area contributed by atoms with Crippen molar-refractivity contribution in [1.29, 1.82) is 0 Å². The van der Waals surface area contributed by atoms with E-state index in [4.69, 9.17) is 10.1 Å². The number of aromatic nitrogens is 3. The molecule has 3 rings (SSSR count). The average Bonchev–Trinajstić information content (AvgIpc) is 2.74. The Morgan fingerprint density at radius 1 is 1.41 bits per heavy atom. The molecule has 2 aromatic rings. The van der Waals surface area contributed by atoms with Gasteiger partial charge in [0.05, 0.1) is 11.4 Å². The molecule has 0 amide bonds. The van der Waals surface area contributed by atoms with E-state index in [0.717, 1.165) is 30.9 Å². The van der Waals surface area contributed by atoms with Gasteiger partial charge < -0.3 is 4.90 Å². The van der Waals surface area contributed by atoms with Crippen LogP contribution < -0.4 is 0 Å². The monoisotopic (exact) mass is 250 g/mol. The molecule has 1 aliphatic heterocycles. The molecule has 0 atom stereocenters. The lowest BCUT2D eigenvalue weighted by molar-refractivity contribution is 0.304. The lowest BCUT2D eigenvalue weighted by atomic mass is 10.1. The molecule has 0 saturated carbocycles. The van der Waals surface area contributed by atoms with Crippen LogP contribution in [0.4, 0.5) is 0 Å². The third-order valence-electron chi connectivity index (χ3n) is 3.15. The predicted octanol–water partition coefficient (Wildman–Crippen LogP) is 1.98. The third-order valence-corrected chi connectivity index (χ3v) is 4.08. The van der Waals surface area contributed by atoms with Crippen LogP contribution in [0.25, 0.3) is 4.96 Å². The maximum atomic E-state index is 4.71. The zero-order chi connectivity index (χ0) is 12.0. The summed E-state index contributed by atoms with van der Waals surface area (Å²) >= 11 is 1.74. The Kier molecular flexibility index (Phi) is 2.67. The maximum Gasteiger partial charge on any atom is 0.212 e. The minimum atomic E-state index is 0.657. The second-order valence-electron chi connectivity index (χ2n) is 5.28. The molecule has 17 heavy (non-hydrogen) atoms. The van der Waals surface area contributed by atoms with Crippen LogP contribution in [0.5, 0.6) is 0 Å². The SMILES string of the molecule is CC(C)Cc1nn2c3c(nc2s1)CCN(C)C3. The summed E-state index contributed by atoms with van der Waals surface area (Å²) < 4.78 is 2.06. The van der Waals surface area contributed by atoms with Crippen molar-refractivity contribution in [2.45, 2.75) is 33.2 Å². The largest absolute Gasteiger partial charge is 0.300 e. The highest BCUT2D eigenvalue weighted by molar-refractivity contribution is 7.16. The molecule has 4 nitrogen and oxygen atoms in total. The summed E-state index contributed by atoms with van der Waals surface area (Å²) in [6.07, 6.45) is 2.11. The van der Waals surface area contributed by atoms with E-state index in [9.17, 15) is 0 Å².